The Balaban J connectivity index is 2.34. The van der Waals surface area contributed by atoms with Crippen LogP contribution in [0.25, 0.3) is 0 Å². The monoisotopic (exact) mass is 954 g/mol. The van der Waals surface area contributed by atoms with Crippen LogP contribution in [-0.4, -0.2) is 260 Å². The largest absolute Gasteiger partial charge is 0.548 e. The molecule has 0 radical (unpaired) electrons. The van der Waals surface area contributed by atoms with Crippen LogP contribution < -0.4 is 51.5 Å². The molecule has 2 N–H and O–H groups in total. The lowest BCUT2D eigenvalue weighted by atomic mass is 10.2. The first-order valence-corrected chi connectivity index (χ1v) is 22.4. The third-order valence-corrected chi connectivity index (χ3v) is 13.1. The van der Waals surface area contributed by atoms with Gasteiger partial charge in [-0.15, -0.1) is 0 Å². The van der Waals surface area contributed by atoms with E-state index in [4.69, 9.17) is 0 Å². The van der Waals surface area contributed by atoms with E-state index in [-0.39, 0.29) is 124 Å². The van der Waals surface area contributed by atoms with Crippen molar-refractivity contribution >= 4 is 47.8 Å². The Labute approximate surface area is 390 Å². The molecule has 8 unspecified atom stereocenters. The molecular formula is C41H66N10O16-8. The van der Waals surface area contributed by atoms with Gasteiger partial charge >= 0.3 is 0 Å². The Morgan fingerprint density at radius 3 is 0.582 bits per heavy atom. The van der Waals surface area contributed by atoms with Gasteiger partial charge in [0, 0.05) is 161 Å². The van der Waals surface area contributed by atoms with E-state index in [1.807, 2.05) is 0 Å². The summed E-state index contributed by atoms with van der Waals surface area (Å²) in [5.74, 6) is -11.6. The van der Waals surface area contributed by atoms with Gasteiger partial charge in [-0.05, 0) is 41.5 Å². The van der Waals surface area contributed by atoms with Gasteiger partial charge in [-0.2, -0.15) is 0 Å². The van der Waals surface area contributed by atoms with Gasteiger partial charge in [-0.25, -0.2) is 0 Å². The number of rotatable bonds is 22. The molecule has 0 aliphatic carbocycles. The first-order chi connectivity index (χ1) is 31.4. The number of carboxylic acid groups (broad SMARTS) is 8. The number of carbonyl (C=O) groups is 8. The minimum atomic E-state index is -1.54. The molecule has 26 nitrogen and oxygen atoms in total. The summed E-state index contributed by atoms with van der Waals surface area (Å²) in [5, 5.41) is 103. The van der Waals surface area contributed by atoms with Crippen molar-refractivity contribution in [2.45, 2.75) is 89.9 Å². The summed E-state index contributed by atoms with van der Waals surface area (Å²) in [6, 6.07) is -9.72. The van der Waals surface area contributed by atoms with E-state index in [0.717, 1.165) is 0 Å². The molecule has 0 aromatic carbocycles. The molecule has 2 aliphatic heterocycles. The molecule has 2 aliphatic rings. The van der Waals surface area contributed by atoms with Crippen LogP contribution in [0.15, 0.2) is 0 Å². The molecule has 67 heavy (non-hydrogen) atoms. The standard InChI is InChI=1S/C41H74N10O16/c1-26(34(52)53)44-7-11-46(28(3)36(56)57)15-19-50(20-16-47(12-8-44)29(4)37(58)59)32(40(64)65)23-42-25-43-24-33(41(66)67)51-21-17-48(30(5)38(60)61)13-9-45(27(2)35(54)55)10-14-49(18-22-51)31(6)39(62)63/h26-33,42-43H,7-25H2,1-6H3,(H,52,53)(H,54,55)(H,56,57)(H,58,59)(H,60,61)(H,62,63)(H,64,65)(H,66,67)/p-8. The molecule has 2 rings (SSSR count). The predicted molar refractivity (Wildman–Crippen MR) is 218 cm³/mol. The molecule has 2 saturated heterocycles. The highest BCUT2D eigenvalue weighted by Gasteiger charge is 2.30. The van der Waals surface area contributed by atoms with Crippen molar-refractivity contribution in [1.29, 1.82) is 0 Å². The lowest BCUT2D eigenvalue weighted by Gasteiger charge is -2.41. The van der Waals surface area contributed by atoms with Gasteiger partial charge in [0.1, 0.15) is 0 Å². The minimum absolute atomic E-state index is 0.00959. The maximum Gasteiger partial charge on any atom is 0.0620 e. The summed E-state index contributed by atoms with van der Waals surface area (Å²) in [7, 11) is 0. The summed E-state index contributed by atoms with van der Waals surface area (Å²) in [4.78, 5) is 109. The summed E-state index contributed by atoms with van der Waals surface area (Å²) in [6.07, 6.45) is 0. The van der Waals surface area contributed by atoms with Gasteiger partial charge in [0.15, 0.2) is 0 Å². The van der Waals surface area contributed by atoms with Crippen molar-refractivity contribution < 1.29 is 79.2 Å². The minimum Gasteiger partial charge on any atom is -0.548 e. The van der Waals surface area contributed by atoms with Crippen LogP contribution in [0.2, 0.25) is 0 Å². The number of nitrogens with one attached hydrogen (secondary N) is 2. The third kappa shape index (κ3) is 18.8. The molecule has 384 valence electrons. The van der Waals surface area contributed by atoms with E-state index in [1.165, 1.54) is 80.7 Å². The normalized spacial score (nSPS) is 22.4. The van der Waals surface area contributed by atoms with Crippen molar-refractivity contribution in [2.75, 3.05) is 124 Å². The van der Waals surface area contributed by atoms with Gasteiger partial charge in [0.05, 0.1) is 59.8 Å². The highest BCUT2D eigenvalue weighted by molar-refractivity contribution is 5.74. The molecule has 0 spiro atoms. The van der Waals surface area contributed by atoms with Crippen LogP contribution in [-0.2, 0) is 38.4 Å². The maximum atomic E-state index is 12.7. The fourth-order valence-corrected chi connectivity index (χ4v) is 8.02. The quantitative estimate of drug-likeness (QED) is 0.0751. The number of carbonyl (C=O) groups excluding carboxylic acids is 8. The van der Waals surface area contributed by atoms with Crippen LogP contribution in [0.3, 0.4) is 0 Å². The summed E-state index contributed by atoms with van der Waals surface area (Å²) < 4.78 is 0. The second kappa shape index (κ2) is 28.6. The van der Waals surface area contributed by atoms with Crippen molar-refractivity contribution in [3.05, 3.63) is 0 Å². The van der Waals surface area contributed by atoms with Crippen molar-refractivity contribution in [3.63, 3.8) is 0 Å². The highest BCUT2D eigenvalue weighted by atomic mass is 16.4. The van der Waals surface area contributed by atoms with Crippen molar-refractivity contribution in [2.24, 2.45) is 0 Å². The van der Waals surface area contributed by atoms with E-state index in [1.54, 1.807) is 0 Å². The molecular weight excluding hydrogens is 889 g/mol. The summed E-state index contributed by atoms with van der Waals surface area (Å²) in [5.41, 5.74) is 0. The molecule has 0 amide bonds. The molecule has 0 aromatic heterocycles. The van der Waals surface area contributed by atoms with Gasteiger partial charge < -0.3 is 89.8 Å². The van der Waals surface area contributed by atoms with Crippen molar-refractivity contribution in [1.82, 2.24) is 49.8 Å². The Bertz CT molecular complexity index is 1480. The van der Waals surface area contributed by atoms with Gasteiger partial charge in [-0.1, -0.05) is 0 Å². The second-order valence-electron chi connectivity index (χ2n) is 17.0. The number of aliphatic carboxylic acids is 8. The van der Waals surface area contributed by atoms with Crippen LogP contribution in [0, 0.1) is 0 Å². The lowest BCUT2D eigenvalue weighted by molar-refractivity contribution is -0.314. The third-order valence-electron chi connectivity index (χ3n) is 13.1. The first kappa shape index (κ1) is 58.5. The van der Waals surface area contributed by atoms with E-state index < -0.39 is 96.1 Å². The van der Waals surface area contributed by atoms with E-state index in [2.05, 4.69) is 10.6 Å². The van der Waals surface area contributed by atoms with Crippen molar-refractivity contribution in [3.8, 4) is 0 Å². The first-order valence-electron chi connectivity index (χ1n) is 22.4. The Kier molecular flexibility index (Phi) is 25.0. The van der Waals surface area contributed by atoms with Gasteiger partial charge in [0.25, 0.3) is 0 Å². The predicted octanol–water partition coefficient (Wildman–Crippen LogP) is -14.4. The fraction of sp³-hybridized carbons (Fsp3) is 0.805. The van der Waals surface area contributed by atoms with E-state index in [9.17, 15) is 79.2 Å². The Morgan fingerprint density at radius 1 is 0.299 bits per heavy atom. The number of hydrogen-bond donors (Lipinski definition) is 2. The molecule has 2 fully saturated rings. The van der Waals surface area contributed by atoms with Crippen LogP contribution in [0.1, 0.15) is 41.5 Å². The SMILES string of the molecule is CC(C(=O)[O-])N1CCN(C(C)C(=O)[O-])CCN(C(CNCNCC(C(=O)[O-])N2CCN(C(C)C(=O)[O-])CCN(C(C)C(=O)[O-])CCN(C(C)C(=O)[O-])CC2)C(=O)[O-])CCN(C(C)C(=O)[O-])CC1. The molecule has 8 atom stereocenters. The molecule has 0 bridgehead atoms. The second-order valence-corrected chi connectivity index (χ2v) is 17.0. The smallest absolute Gasteiger partial charge is 0.0620 e. The number of nitrogens with zero attached hydrogens (tertiary/aromatic N) is 8. The van der Waals surface area contributed by atoms with E-state index in [0.29, 0.717) is 0 Å². The zero-order valence-corrected chi connectivity index (χ0v) is 39.2. The van der Waals surface area contributed by atoms with E-state index >= 15 is 0 Å². The number of hydrogen-bond acceptors (Lipinski definition) is 26. The average molecular weight is 955 g/mol. The maximum absolute atomic E-state index is 12.7. The van der Waals surface area contributed by atoms with Crippen LogP contribution >= 0.6 is 0 Å². The van der Waals surface area contributed by atoms with Crippen LogP contribution in [0.5, 0.6) is 0 Å². The molecule has 2 heterocycles. The molecule has 26 heteroatoms. The Morgan fingerprint density at radius 2 is 0.448 bits per heavy atom. The summed E-state index contributed by atoms with van der Waals surface area (Å²) >= 11 is 0. The molecule has 0 saturated carbocycles. The van der Waals surface area contributed by atoms with Gasteiger partial charge in [-0.3, -0.25) is 39.2 Å². The Hall–Kier alpha value is -4.64. The molecule has 0 aromatic rings. The van der Waals surface area contributed by atoms with Crippen LogP contribution in [0.4, 0.5) is 0 Å². The topological polar surface area (TPSA) is 371 Å². The van der Waals surface area contributed by atoms with Gasteiger partial charge in [0.2, 0.25) is 0 Å². The number of carboxylic acids is 8. The lowest BCUT2D eigenvalue weighted by Crippen LogP contribution is -2.61. The zero-order chi connectivity index (χ0) is 50.7. The highest BCUT2D eigenvalue weighted by Crippen LogP contribution is 2.12. The zero-order valence-electron chi connectivity index (χ0n) is 39.2. The fourth-order valence-electron chi connectivity index (χ4n) is 8.02. The average Bonchev–Trinajstić information content (AvgIpc) is 3.25. The summed E-state index contributed by atoms with van der Waals surface area (Å²) in [6.45, 7) is 7.12.